The molecule has 236 valence electrons. The summed E-state index contributed by atoms with van der Waals surface area (Å²) in [4.78, 5) is 5.54. The first-order valence-electron chi connectivity index (χ1n) is 15.9. The van der Waals surface area contributed by atoms with Crippen LogP contribution < -0.4 is 0 Å². The number of benzene rings is 1. The average molecular weight is 743 g/mol. The van der Waals surface area contributed by atoms with E-state index in [1.807, 2.05) is 68.0 Å². The standard InChI is InChI=1S/C36H30N4S7/c1-15(2)9-17-11-21-31(41-17)35-29(39(21)5)33-25(45-35)13-23(43-33)19-7-8-20(28-27(19)37-47-38-28)24-14-26-34(44-24)30-36(46-26)32-22(40(30)6)12-18(42-32)10-16(3)4/h7-8,11-16H,9-10H2,1-6H3. The molecule has 9 heterocycles. The van der Waals surface area contributed by atoms with Gasteiger partial charge in [-0.1, -0.05) is 39.8 Å². The zero-order valence-corrected chi connectivity index (χ0v) is 32.4. The largest absolute Gasteiger partial charge is 0.341 e. The van der Waals surface area contributed by atoms with Crippen molar-refractivity contribution >= 4 is 150 Å². The van der Waals surface area contributed by atoms with Crippen LogP contribution >= 0.6 is 79.7 Å². The fourth-order valence-corrected chi connectivity index (χ4v) is 16.2. The smallest absolute Gasteiger partial charge is 0.114 e. The van der Waals surface area contributed by atoms with Gasteiger partial charge in [-0.25, -0.2) is 0 Å². The van der Waals surface area contributed by atoms with Crippen molar-refractivity contribution in [3.8, 4) is 20.9 Å². The molecule has 0 saturated heterocycles. The number of fused-ring (bicyclic) bond motifs is 11. The third-order valence-electron chi connectivity index (χ3n) is 9.18. The van der Waals surface area contributed by atoms with E-state index in [0.717, 1.165) is 23.9 Å². The van der Waals surface area contributed by atoms with E-state index < -0.39 is 0 Å². The molecule has 47 heavy (non-hydrogen) atoms. The van der Waals surface area contributed by atoms with E-state index in [4.69, 9.17) is 8.75 Å². The van der Waals surface area contributed by atoms with Crippen molar-refractivity contribution in [3.05, 3.63) is 46.2 Å². The van der Waals surface area contributed by atoms with Crippen LogP contribution in [0.15, 0.2) is 36.4 Å². The Hall–Kier alpha value is -2.64. The number of aryl methyl sites for hydroxylation is 2. The van der Waals surface area contributed by atoms with Crippen molar-refractivity contribution in [3.63, 3.8) is 0 Å². The SMILES string of the molecule is CC(C)Cc1cc2c(s1)c1sc3cc(-c4ccc(-c5cc6sc7c8sc(CC(C)C)cc8n(C)c7c6s5)c5nsnc45)sc3c1n2C. The summed E-state index contributed by atoms with van der Waals surface area (Å²) in [5, 5.41) is 0. The van der Waals surface area contributed by atoms with Crippen LogP contribution in [0, 0.1) is 11.8 Å². The highest BCUT2D eigenvalue weighted by molar-refractivity contribution is 7.37. The van der Waals surface area contributed by atoms with Gasteiger partial charge in [-0.3, -0.25) is 0 Å². The van der Waals surface area contributed by atoms with Gasteiger partial charge in [0.1, 0.15) is 11.0 Å². The normalized spacial score (nSPS) is 13.0. The first-order chi connectivity index (χ1) is 22.7. The molecule has 0 N–H and O–H groups in total. The maximum atomic E-state index is 4.87. The van der Waals surface area contributed by atoms with Crippen molar-refractivity contribution in [2.75, 3.05) is 0 Å². The quantitative estimate of drug-likeness (QED) is 0.170. The van der Waals surface area contributed by atoms with Crippen molar-refractivity contribution in [1.29, 1.82) is 0 Å². The molecule has 0 aliphatic carbocycles. The summed E-state index contributed by atoms with van der Waals surface area (Å²) >= 11 is 13.0. The fourth-order valence-electron chi connectivity index (χ4n) is 7.13. The monoisotopic (exact) mass is 742 g/mol. The molecule has 0 fully saturated rings. The first kappa shape index (κ1) is 29.3. The van der Waals surface area contributed by atoms with Crippen molar-refractivity contribution in [2.24, 2.45) is 25.9 Å². The molecule has 0 aliphatic heterocycles. The maximum absolute atomic E-state index is 4.87. The summed E-state index contributed by atoms with van der Waals surface area (Å²) in [5.41, 5.74) is 9.92. The average Bonchev–Trinajstić information content (AvgIpc) is 3.85. The zero-order valence-electron chi connectivity index (χ0n) is 26.7. The molecule has 4 nitrogen and oxygen atoms in total. The third-order valence-corrected chi connectivity index (χ3v) is 17.2. The van der Waals surface area contributed by atoms with Crippen LogP contribution in [0.5, 0.6) is 0 Å². The minimum atomic E-state index is 0.674. The minimum absolute atomic E-state index is 0.674. The Labute approximate surface area is 299 Å². The van der Waals surface area contributed by atoms with E-state index >= 15 is 0 Å². The second-order valence-electron chi connectivity index (χ2n) is 13.5. The number of thiophene rings is 6. The van der Waals surface area contributed by atoms with Gasteiger partial charge in [-0.05, 0) is 48.9 Å². The maximum Gasteiger partial charge on any atom is 0.114 e. The van der Waals surface area contributed by atoms with Crippen LogP contribution in [0.1, 0.15) is 37.4 Å². The summed E-state index contributed by atoms with van der Waals surface area (Å²) in [6.45, 7) is 9.22. The van der Waals surface area contributed by atoms with Crippen LogP contribution in [0.25, 0.3) is 91.6 Å². The molecule has 0 aliphatic rings. The molecule has 0 atom stereocenters. The van der Waals surface area contributed by atoms with Crippen LogP contribution in [-0.4, -0.2) is 17.9 Å². The third kappa shape index (κ3) is 4.23. The Balaban J connectivity index is 1.06. The summed E-state index contributed by atoms with van der Waals surface area (Å²) < 4.78 is 25.9. The molecule has 0 unspecified atom stereocenters. The summed E-state index contributed by atoms with van der Waals surface area (Å²) in [7, 11) is 4.48. The Morgan fingerprint density at radius 1 is 0.553 bits per heavy atom. The van der Waals surface area contributed by atoms with Crippen molar-refractivity contribution in [2.45, 2.75) is 40.5 Å². The lowest BCUT2D eigenvalue weighted by Gasteiger charge is -2.03. The number of hydrogen-bond acceptors (Lipinski definition) is 9. The van der Waals surface area contributed by atoms with E-state index in [1.54, 1.807) is 0 Å². The number of hydrogen-bond donors (Lipinski definition) is 0. The van der Waals surface area contributed by atoms with Gasteiger partial charge in [0.15, 0.2) is 0 Å². The Kier molecular flexibility index (Phi) is 6.50. The lowest BCUT2D eigenvalue weighted by molar-refractivity contribution is 0.654. The van der Waals surface area contributed by atoms with Gasteiger partial charge in [-0.15, -0.1) is 68.0 Å². The molecule has 0 bridgehead atoms. The van der Waals surface area contributed by atoms with E-state index in [0.29, 0.717) is 11.8 Å². The second-order valence-corrected chi connectivity index (χ2v) is 20.5. The predicted octanol–water partition coefficient (Wildman–Crippen LogP) is 13.4. The minimum Gasteiger partial charge on any atom is -0.341 e. The van der Waals surface area contributed by atoms with Gasteiger partial charge < -0.3 is 9.13 Å². The lowest BCUT2D eigenvalue weighted by atomic mass is 10.1. The van der Waals surface area contributed by atoms with Crippen LogP contribution in [0.2, 0.25) is 0 Å². The summed E-state index contributed by atoms with van der Waals surface area (Å²) in [6.07, 6.45) is 2.30. The number of aromatic nitrogens is 4. The fraction of sp³-hybridized carbons (Fsp3) is 0.278. The van der Waals surface area contributed by atoms with E-state index in [-0.39, 0.29) is 0 Å². The van der Waals surface area contributed by atoms with Gasteiger partial charge in [-0.2, -0.15) is 8.75 Å². The van der Waals surface area contributed by atoms with E-state index in [1.165, 1.54) is 102 Å². The van der Waals surface area contributed by atoms with Gasteiger partial charge >= 0.3 is 0 Å². The van der Waals surface area contributed by atoms with Crippen LogP contribution in [-0.2, 0) is 26.9 Å². The molecular formula is C36H30N4S7. The van der Waals surface area contributed by atoms with E-state index in [9.17, 15) is 0 Å². The molecule has 0 saturated carbocycles. The molecular weight excluding hydrogens is 713 g/mol. The van der Waals surface area contributed by atoms with Crippen molar-refractivity contribution in [1.82, 2.24) is 17.9 Å². The number of nitrogens with zero attached hydrogens (tertiary/aromatic N) is 4. The highest BCUT2D eigenvalue weighted by atomic mass is 32.1. The molecule has 0 radical (unpaired) electrons. The van der Waals surface area contributed by atoms with E-state index in [2.05, 4.69) is 87.3 Å². The van der Waals surface area contributed by atoms with Gasteiger partial charge in [0.25, 0.3) is 0 Å². The molecule has 10 aromatic rings. The summed E-state index contributed by atoms with van der Waals surface area (Å²) in [6, 6.07) is 14.2. The highest BCUT2D eigenvalue weighted by Gasteiger charge is 2.24. The molecule has 11 heteroatoms. The molecule has 10 rings (SSSR count). The molecule has 1 aromatic carbocycles. The Morgan fingerprint density at radius 3 is 1.43 bits per heavy atom. The topological polar surface area (TPSA) is 35.6 Å². The Bertz CT molecular complexity index is 2650. The molecule has 0 amide bonds. The van der Waals surface area contributed by atoms with Gasteiger partial charge in [0.2, 0.25) is 0 Å². The van der Waals surface area contributed by atoms with Gasteiger partial charge in [0, 0.05) is 54.1 Å². The van der Waals surface area contributed by atoms with Crippen LogP contribution in [0.3, 0.4) is 0 Å². The lowest BCUT2D eigenvalue weighted by Crippen LogP contribution is -1.90. The van der Waals surface area contributed by atoms with Crippen molar-refractivity contribution < 1.29 is 0 Å². The molecule has 0 spiro atoms. The molecule has 9 aromatic heterocycles. The first-order valence-corrected chi connectivity index (χ1v) is 21.5. The van der Waals surface area contributed by atoms with Crippen LogP contribution in [0.4, 0.5) is 0 Å². The highest BCUT2D eigenvalue weighted by Crippen LogP contribution is 2.51. The Morgan fingerprint density at radius 2 is 1.00 bits per heavy atom. The second kappa shape index (κ2) is 10.4. The number of rotatable bonds is 6. The predicted molar refractivity (Wildman–Crippen MR) is 216 cm³/mol. The van der Waals surface area contributed by atoms with Gasteiger partial charge in [0.05, 0.1) is 62.0 Å². The summed E-state index contributed by atoms with van der Waals surface area (Å²) in [5.74, 6) is 1.35. The zero-order chi connectivity index (χ0) is 31.9.